The standard InChI is InChI=1S/C18H23N3O/c1-11-3-4-15-14(9-11)12(2)17(19-15)18(22)20-16-10-21-7-5-13(16)6-8-21/h3-4,9,13,16,19H,5-8,10H2,1-2H3,(H,20,22). The summed E-state index contributed by atoms with van der Waals surface area (Å²) in [6, 6.07) is 6.59. The van der Waals surface area contributed by atoms with Gasteiger partial charge in [-0.25, -0.2) is 0 Å². The van der Waals surface area contributed by atoms with Crippen LogP contribution >= 0.6 is 0 Å². The molecule has 2 N–H and O–H groups in total. The maximum atomic E-state index is 12.7. The number of carbonyl (C=O) groups is 1. The first-order valence-corrected chi connectivity index (χ1v) is 8.24. The van der Waals surface area contributed by atoms with Crippen LogP contribution < -0.4 is 5.32 Å². The first-order chi connectivity index (χ1) is 10.6. The second-order valence-electron chi connectivity index (χ2n) is 6.89. The van der Waals surface area contributed by atoms with E-state index in [1.54, 1.807) is 0 Å². The van der Waals surface area contributed by atoms with Gasteiger partial charge >= 0.3 is 0 Å². The second-order valence-corrected chi connectivity index (χ2v) is 6.89. The van der Waals surface area contributed by atoms with Crippen molar-refractivity contribution in [2.75, 3.05) is 19.6 Å². The van der Waals surface area contributed by atoms with Crippen molar-refractivity contribution >= 4 is 16.8 Å². The molecule has 5 rings (SSSR count). The number of piperidine rings is 3. The zero-order chi connectivity index (χ0) is 15.3. The summed E-state index contributed by atoms with van der Waals surface area (Å²) < 4.78 is 0. The van der Waals surface area contributed by atoms with E-state index in [9.17, 15) is 4.79 Å². The number of hydrogen-bond acceptors (Lipinski definition) is 2. The van der Waals surface area contributed by atoms with Gasteiger partial charge in [0.15, 0.2) is 0 Å². The van der Waals surface area contributed by atoms with Gasteiger partial charge < -0.3 is 15.2 Å². The number of rotatable bonds is 2. The van der Waals surface area contributed by atoms with Crippen LogP contribution in [0.5, 0.6) is 0 Å². The number of aromatic nitrogens is 1. The van der Waals surface area contributed by atoms with E-state index < -0.39 is 0 Å². The Morgan fingerprint density at radius 2 is 2.05 bits per heavy atom. The van der Waals surface area contributed by atoms with Gasteiger partial charge in [0.2, 0.25) is 0 Å². The van der Waals surface area contributed by atoms with Gasteiger partial charge in [0.1, 0.15) is 5.69 Å². The van der Waals surface area contributed by atoms with Gasteiger partial charge in [-0.1, -0.05) is 11.6 Å². The molecule has 0 aliphatic carbocycles. The van der Waals surface area contributed by atoms with Crippen molar-refractivity contribution in [2.45, 2.75) is 32.7 Å². The maximum Gasteiger partial charge on any atom is 0.268 e. The summed E-state index contributed by atoms with van der Waals surface area (Å²) in [5.74, 6) is 0.700. The fourth-order valence-electron chi connectivity index (χ4n) is 4.04. The van der Waals surface area contributed by atoms with E-state index in [4.69, 9.17) is 0 Å². The Bertz CT molecular complexity index is 725. The van der Waals surface area contributed by atoms with E-state index in [0.29, 0.717) is 12.0 Å². The Morgan fingerprint density at radius 3 is 2.73 bits per heavy atom. The lowest BCUT2D eigenvalue weighted by molar-refractivity contribution is 0.0618. The van der Waals surface area contributed by atoms with Crippen LogP contribution in [0.1, 0.15) is 34.5 Å². The van der Waals surface area contributed by atoms with Gasteiger partial charge in [-0.15, -0.1) is 0 Å². The Kier molecular flexibility index (Phi) is 3.22. The molecule has 0 radical (unpaired) electrons. The van der Waals surface area contributed by atoms with Gasteiger partial charge in [0.05, 0.1) is 0 Å². The SMILES string of the molecule is Cc1ccc2[nH]c(C(=O)NC3CN4CCC3CC4)c(C)c2c1. The maximum absolute atomic E-state index is 12.7. The van der Waals surface area contributed by atoms with Crippen LogP contribution in [0.4, 0.5) is 0 Å². The van der Waals surface area contributed by atoms with Crippen molar-refractivity contribution in [1.82, 2.24) is 15.2 Å². The van der Waals surface area contributed by atoms with Gasteiger partial charge in [-0.2, -0.15) is 0 Å². The smallest absolute Gasteiger partial charge is 0.268 e. The predicted octanol–water partition coefficient (Wildman–Crippen LogP) is 2.61. The van der Waals surface area contributed by atoms with Crippen LogP contribution in [0.3, 0.4) is 0 Å². The van der Waals surface area contributed by atoms with Crippen LogP contribution in [0.2, 0.25) is 0 Å². The molecule has 1 atom stereocenters. The minimum absolute atomic E-state index is 0.0464. The summed E-state index contributed by atoms with van der Waals surface area (Å²) in [4.78, 5) is 18.5. The van der Waals surface area contributed by atoms with Crippen molar-refractivity contribution in [1.29, 1.82) is 0 Å². The van der Waals surface area contributed by atoms with Crippen LogP contribution in [-0.2, 0) is 0 Å². The van der Waals surface area contributed by atoms with E-state index in [2.05, 4.69) is 40.3 Å². The highest BCUT2D eigenvalue weighted by atomic mass is 16.2. The quantitative estimate of drug-likeness (QED) is 0.895. The lowest BCUT2D eigenvalue weighted by atomic mass is 9.84. The van der Waals surface area contributed by atoms with E-state index in [0.717, 1.165) is 28.7 Å². The summed E-state index contributed by atoms with van der Waals surface area (Å²) in [5.41, 5.74) is 4.04. The molecule has 3 fully saturated rings. The Hall–Kier alpha value is -1.81. The van der Waals surface area contributed by atoms with Gasteiger partial charge in [0.25, 0.3) is 5.91 Å². The van der Waals surface area contributed by atoms with E-state index in [1.807, 2.05) is 6.92 Å². The molecule has 1 aromatic heterocycles. The first kappa shape index (κ1) is 13.8. The van der Waals surface area contributed by atoms with E-state index in [-0.39, 0.29) is 5.91 Å². The lowest BCUT2D eigenvalue weighted by Gasteiger charge is -2.44. The molecule has 4 nitrogen and oxygen atoms in total. The van der Waals surface area contributed by atoms with E-state index in [1.165, 1.54) is 31.5 Å². The molecule has 4 heterocycles. The number of nitrogens with zero attached hydrogens (tertiary/aromatic N) is 1. The Balaban J connectivity index is 1.59. The number of carbonyl (C=O) groups excluding carboxylic acids is 1. The fourth-order valence-corrected chi connectivity index (χ4v) is 4.04. The van der Waals surface area contributed by atoms with Crippen LogP contribution in [0.15, 0.2) is 18.2 Å². The first-order valence-electron chi connectivity index (χ1n) is 8.24. The van der Waals surface area contributed by atoms with Crippen LogP contribution in [-0.4, -0.2) is 41.5 Å². The highest BCUT2D eigenvalue weighted by Crippen LogP contribution is 2.28. The number of aromatic amines is 1. The Labute approximate surface area is 130 Å². The number of amides is 1. The summed E-state index contributed by atoms with van der Waals surface area (Å²) in [7, 11) is 0. The van der Waals surface area contributed by atoms with Crippen molar-refractivity contribution < 1.29 is 4.79 Å². The molecule has 0 spiro atoms. The van der Waals surface area contributed by atoms with Crippen molar-refractivity contribution in [2.24, 2.45) is 5.92 Å². The summed E-state index contributed by atoms with van der Waals surface area (Å²) in [5, 5.41) is 4.42. The zero-order valence-corrected chi connectivity index (χ0v) is 13.3. The molecule has 3 aliphatic rings. The molecular weight excluding hydrogens is 274 g/mol. The molecule has 22 heavy (non-hydrogen) atoms. The average Bonchev–Trinajstić information content (AvgIpc) is 2.85. The number of nitrogens with one attached hydrogen (secondary N) is 2. The molecule has 3 aliphatic heterocycles. The zero-order valence-electron chi connectivity index (χ0n) is 13.3. The molecule has 1 aromatic carbocycles. The third kappa shape index (κ3) is 2.22. The highest BCUT2D eigenvalue weighted by molar-refractivity contribution is 6.01. The second kappa shape index (κ2) is 5.13. The topological polar surface area (TPSA) is 48.1 Å². The van der Waals surface area contributed by atoms with Crippen molar-refractivity contribution in [3.8, 4) is 0 Å². The third-order valence-electron chi connectivity index (χ3n) is 5.41. The molecule has 1 amide bonds. The fraction of sp³-hybridized carbons (Fsp3) is 0.500. The minimum Gasteiger partial charge on any atom is -0.350 e. The van der Waals surface area contributed by atoms with Crippen LogP contribution in [0, 0.1) is 19.8 Å². The predicted molar refractivity (Wildman–Crippen MR) is 88.2 cm³/mol. The third-order valence-corrected chi connectivity index (χ3v) is 5.41. The number of aryl methyl sites for hydroxylation is 2. The van der Waals surface area contributed by atoms with E-state index >= 15 is 0 Å². The largest absolute Gasteiger partial charge is 0.350 e. The van der Waals surface area contributed by atoms with Gasteiger partial charge in [-0.05, 0) is 63.4 Å². The molecule has 3 saturated heterocycles. The lowest BCUT2D eigenvalue weighted by Crippen LogP contribution is -2.57. The summed E-state index contributed by atoms with van der Waals surface area (Å²) >= 11 is 0. The highest BCUT2D eigenvalue weighted by Gasteiger charge is 2.35. The Morgan fingerprint density at radius 1 is 1.27 bits per heavy atom. The minimum atomic E-state index is 0.0464. The molecule has 116 valence electrons. The molecule has 0 saturated carbocycles. The number of hydrogen-bond donors (Lipinski definition) is 2. The molecule has 2 aromatic rings. The molecule has 1 unspecified atom stereocenters. The summed E-state index contributed by atoms with van der Waals surface area (Å²) in [6.45, 7) is 7.51. The van der Waals surface area contributed by atoms with Crippen LogP contribution in [0.25, 0.3) is 10.9 Å². The van der Waals surface area contributed by atoms with Gasteiger partial charge in [0, 0.05) is 23.5 Å². The molecule has 2 bridgehead atoms. The number of fused-ring (bicyclic) bond motifs is 4. The van der Waals surface area contributed by atoms with Crippen molar-refractivity contribution in [3.63, 3.8) is 0 Å². The monoisotopic (exact) mass is 297 g/mol. The number of H-pyrrole nitrogens is 1. The molecule has 4 heteroatoms. The number of benzene rings is 1. The average molecular weight is 297 g/mol. The van der Waals surface area contributed by atoms with Crippen molar-refractivity contribution in [3.05, 3.63) is 35.0 Å². The normalized spacial score (nSPS) is 27.3. The summed E-state index contributed by atoms with van der Waals surface area (Å²) in [6.07, 6.45) is 2.44. The van der Waals surface area contributed by atoms with Gasteiger partial charge in [-0.3, -0.25) is 4.79 Å². The molecular formula is C18H23N3O.